The van der Waals surface area contributed by atoms with Crippen LogP contribution < -0.4 is 15.4 Å². The first-order valence-electron chi connectivity index (χ1n) is 6.18. The van der Waals surface area contributed by atoms with Crippen molar-refractivity contribution in [2.24, 2.45) is 0 Å². The largest absolute Gasteiger partial charge is 0.488 e. The second-order valence-electron chi connectivity index (χ2n) is 4.61. The Hall–Kier alpha value is -2.31. The number of hydrogen-bond donors (Lipinski definition) is 3. The zero-order valence-corrected chi connectivity index (χ0v) is 10.9. The maximum Gasteiger partial charge on any atom is 0.325 e. The van der Waals surface area contributed by atoms with Gasteiger partial charge in [-0.25, -0.2) is 9.18 Å². The summed E-state index contributed by atoms with van der Waals surface area (Å²) in [5, 5.41) is 13.4. The number of urea groups is 1. The molecule has 0 saturated heterocycles. The smallest absolute Gasteiger partial charge is 0.325 e. The Morgan fingerprint density at radius 3 is 3.00 bits per heavy atom. The Kier molecular flexibility index (Phi) is 4.07. The number of fused-ring (bicyclic) bond motifs is 1. The number of carboxylic acids is 1. The average molecular weight is 282 g/mol. The van der Waals surface area contributed by atoms with Crippen molar-refractivity contribution in [1.82, 2.24) is 10.6 Å². The third-order valence-corrected chi connectivity index (χ3v) is 2.97. The van der Waals surface area contributed by atoms with E-state index in [0.29, 0.717) is 12.2 Å². The molecule has 0 bridgehead atoms. The van der Waals surface area contributed by atoms with Gasteiger partial charge in [0.15, 0.2) is 0 Å². The molecule has 1 heterocycles. The van der Waals surface area contributed by atoms with E-state index in [1.165, 1.54) is 19.1 Å². The lowest BCUT2D eigenvalue weighted by atomic mass is 10.1. The number of rotatable bonds is 4. The van der Waals surface area contributed by atoms with Crippen LogP contribution in [-0.2, 0) is 11.2 Å². The number of carbonyl (C=O) groups excluding carboxylic acids is 1. The van der Waals surface area contributed by atoms with Crippen LogP contribution in [0, 0.1) is 5.82 Å². The van der Waals surface area contributed by atoms with Crippen LogP contribution in [0.25, 0.3) is 0 Å². The van der Waals surface area contributed by atoms with Crippen molar-refractivity contribution in [2.75, 3.05) is 6.54 Å². The molecule has 1 aromatic rings. The van der Waals surface area contributed by atoms with Crippen molar-refractivity contribution in [3.63, 3.8) is 0 Å². The molecule has 0 aliphatic carbocycles. The van der Waals surface area contributed by atoms with E-state index in [2.05, 4.69) is 10.6 Å². The highest BCUT2D eigenvalue weighted by atomic mass is 19.1. The zero-order chi connectivity index (χ0) is 14.7. The maximum absolute atomic E-state index is 13.0. The number of ether oxygens (including phenoxy) is 1. The third kappa shape index (κ3) is 3.37. The van der Waals surface area contributed by atoms with Gasteiger partial charge < -0.3 is 20.5 Å². The van der Waals surface area contributed by atoms with Gasteiger partial charge in [0.1, 0.15) is 23.7 Å². The number of nitrogens with one attached hydrogen (secondary N) is 2. The van der Waals surface area contributed by atoms with Crippen molar-refractivity contribution in [1.29, 1.82) is 0 Å². The summed E-state index contributed by atoms with van der Waals surface area (Å²) in [6, 6.07) is 2.73. The van der Waals surface area contributed by atoms with E-state index in [1.807, 2.05) is 0 Å². The number of carbonyl (C=O) groups is 2. The molecular formula is C13H15FN2O4. The second kappa shape index (κ2) is 5.77. The van der Waals surface area contributed by atoms with Gasteiger partial charge in [-0.15, -0.1) is 0 Å². The van der Waals surface area contributed by atoms with Gasteiger partial charge in [-0.1, -0.05) is 0 Å². The van der Waals surface area contributed by atoms with Gasteiger partial charge in [-0.2, -0.15) is 0 Å². The van der Waals surface area contributed by atoms with Crippen molar-refractivity contribution < 1.29 is 23.8 Å². The van der Waals surface area contributed by atoms with Crippen LogP contribution in [-0.4, -0.2) is 35.8 Å². The maximum atomic E-state index is 13.0. The van der Waals surface area contributed by atoms with Crippen LogP contribution in [0.4, 0.5) is 9.18 Å². The molecule has 6 nitrogen and oxygen atoms in total. The molecule has 108 valence electrons. The van der Waals surface area contributed by atoms with Crippen LogP contribution >= 0.6 is 0 Å². The molecular weight excluding hydrogens is 267 g/mol. The molecule has 2 amide bonds. The van der Waals surface area contributed by atoms with Gasteiger partial charge in [-0.3, -0.25) is 4.79 Å². The molecule has 7 heteroatoms. The highest BCUT2D eigenvalue weighted by Gasteiger charge is 2.24. The van der Waals surface area contributed by atoms with E-state index >= 15 is 0 Å². The van der Waals surface area contributed by atoms with E-state index in [9.17, 15) is 14.0 Å². The third-order valence-electron chi connectivity index (χ3n) is 2.97. The van der Waals surface area contributed by atoms with Gasteiger partial charge in [-0.05, 0) is 25.1 Å². The Balaban J connectivity index is 1.80. The van der Waals surface area contributed by atoms with Gasteiger partial charge in [0.05, 0.1) is 6.54 Å². The average Bonchev–Trinajstić information content (AvgIpc) is 2.78. The van der Waals surface area contributed by atoms with E-state index < -0.39 is 18.0 Å². The molecule has 2 atom stereocenters. The molecule has 2 rings (SSSR count). The Bertz CT molecular complexity index is 535. The summed E-state index contributed by atoms with van der Waals surface area (Å²) in [5.41, 5.74) is 0.760. The summed E-state index contributed by atoms with van der Waals surface area (Å²) < 4.78 is 18.6. The lowest BCUT2D eigenvalue weighted by Crippen LogP contribution is -2.46. The van der Waals surface area contributed by atoms with Gasteiger partial charge >= 0.3 is 12.0 Å². The molecule has 0 fully saturated rings. The Morgan fingerprint density at radius 1 is 1.55 bits per heavy atom. The van der Waals surface area contributed by atoms with Crippen LogP contribution in [0.1, 0.15) is 12.5 Å². The number of carboxylic acid groups (broad SMARTS) is 1. The monoisotopic (exact) mass is 282 g/mol. The fourth-order valence-corrected chi connectivity index (χ4v) is 1.92. The van der Waals surface area contributed by atoms with E-state index in [4.69, 9.17) is 9.84 Å². The summed E-state index contributed by atoms with van der Waals surface area (Å²) >= 11 is 0. The molecule has 1 aliphatic rings. The predicted molar refractivity (Wildman–Crippen MR) is 68.2 cm³/mol. The molecule has 0 spiro atoms. The SMILES string of the molecule is CC(NC(=O)NCC1Cc2cc(F)ccc2O1)C(=O)O. The number of benzene rings is 1. The molecule has 1 aliphatic heterocycles. The second-order valence-corrected chi connectivity index (χ2v) is 4.61. The topological polar surface area (TPSA) is 87.7 Å². The van der Waals surface area contributed by atoms with Crippen LogP contribution in [0.5, 0.6) is 5.75 Å². The summed E-state index contributed by atoms with van der Waals surface area (Å²) in [6.07, 6.45) is 0.222. The van der Waals surface area contributed by atoms with Crippen molar-refractivity contribution >= 4 is 12.0 Å². The predicted octanol–water partition coefficient (Wildman–Crippen LogP) is 0.901. The first-order chi connectivity index (χ1) is 9.45. The van der Waals surface area contributed by atoms with E-state index in [-0.39, 0.29) is 18.5 Å². The molecule has 20 heavy (non-hydrogen) atoms. The fourth-order valence-electron chi connectivity index (χ4n) is 1.92. The molecule has 2 unspecified atom stereocenters. The molecule has 1 aromatic carbocycles. The van der Waals surface area contributed by atoms with Crippen LogP contribution in [0.3, 0.4) is 0 Å². The number of amides is 2. The minimum atomic E-state index is -1.11. The molecule has 3 N–H and O–H groups in total. The summed E-state index contributed by atoms with van der Waals surface area (Å²) in [6.45, 7) is 1.58. The van der Waals surface area contributed by atoms with Crippen molar-refractivity contribution in [2.45, 2.75) is 25.5 Å². The lowest BCUT2D eigenvalue weighted by Gasteiger charge is -2.14. The van der Waals surface area contributed by atoms with Crippen molar-refractivity contribution in [3.8, 4) is 5.75 Å². The first-order valence-corrected chi connectivity index (χ1v) is 6.18. The van der Waals surface area contributed by atoms with Gasteiger partial charge in [0.25, 0.3) is 0 Å². The highest BCUT2D eigenvalue weighted by Crippen LogP contribution is 2.28. The summed E-state index contributed by atoms with van der Waals surface area (Å²) in [4.78, 5) is 22.0. The van der Waals surface area contributed by atoms with Crippen LogP contribution in [0.2, 0.25) is 0 Å². The van der Waals surface area contributed by atoms with E-state index in [1.54, 1.807) is 6.07 Å². The number of halogens is 1. The Morgan fingerprint density at radius 2 is 2.30 bits per heavy atom. The van der Waals surface area contributed by atoms with Crippen LogP contribution in [0.15, 0.2) is 18.2 Å². The van der Waals surface area contributed by atoms with Gasteiger partial charge in [0, 0.05) is 12.0 Å². The standard InChI is InChI=1S/C13H15FN2O4/c1-7(12(17)18)16-13(19)15-6-10-5-8-4-9(14)2-3-11(8)20-10/h2-4,7,10H,5-6H2,1H3,(H,17,18)(H2,15,16,19). The van der Waals surface area contributed by atoms with E-state index in [0.717, 1.165) is 5.56 Å². The van der Waals surface area contributed by atoms with Gasteiger partial charge in [0.2, 0.25) is 0 Å². The molecule has 0 aromatic heterocycles. The molecule has 0 radical (unpaired) electrons. The first kappa shape index (κ1) is 14.1. The number of aliphatic carboxylic acids is 1. The lowest BCUT2D eigenvalue weighted by molar-refractivity contribution is -0.138. The quantitative estimate of drug-likeness (QED) is 0.765. The highest BCUT2D eigenvalue weighted by molar-refractivity contribution is 5.82. The molecule has 0 saturated carbocycles. The minimum absolute atomic E-state index is 0.217. The Labute approximate surface area is 114 Å². The zero-order valence-electron chi connectivity index (χ0n) is 10.9. The minimum Gasteiger partial charge on any atom is -0.488 e. The summed E-state index contributed by atoms with van der Waals surface area (Å²) in [5.74, 6) is -0.827. The van der Waals surface area contributed by atoms with Crippen molar-refractivity contribution in [3.05, 3.63) is 29.6 Å². The summed E-state index contributed by atoms with van der Waals surface area (Å²) in [7, 11) is 0. The number of hydrogen-bond acceptors (Lipinski definition) is 3. The normalized spacial score (nSPS) is 17.8. The fraction of sp³-hybridized carbons (Fsp3) is 0.385.